The van der Waals surface area contributed by atoms with Crippen molar-refractivity contribution in [3.63, 3.8) is 0 Å². The van der Waals surface area contributed by atoms with Crippen molar-refractivity contribution in [2.75, 3.05) is 4.90 Å². The Bertz CT molecular complexity index is 788. The molecule has 3 nitrogen and oxygen atoms in total. The molecule has 0 aliphatic carbocycles. The van der Waals surface area contributed by atoms with E-state index in [9.17, 15) is 9.59 Å². The molecule has 0 N–H and O–H groups in total. The van der Waals surface area contributed by atoms with E-state index in [-0.39, 0.29) is 23.5 Å². The van der Waals surface area contributed by atoms with E-state index in [0.717, 1.165) is 16.7 Å². The van der Waals surface area contributed by atoms with Gasteiger partial charge in [-0.05, 0) is 43.2 Å². The minimum absolute atomic E-state index is 0.120. The van der Waals surface area contributed by atoms with Crippen LogP contribution in [0.2, 0.25) is 5.02 Å². The number of aryl methyl sites for hydroxylation is 2. The highest BCUT2D eigenvalue weighted by Gasteiger charge is 2.40. The molecule has 0 bridgehead atoms. The molecular weight excluding hydrogens is 342 g/mol. The van der Waals surface area contributed by atoms with Crippen molar-refractivity contribution in [1.29, 1.82) is 0 Å². The molecule has 0 aromatic heterocycles. The Morgan fingerprint density at radius 1 is 1.12 bits per heavy atom. The van der Waals surface area contributed by atoms with Crippen LogP contribution in [0.4, 0.5) is 5.69 Å². The average molecular weight is 360 g/mol. The fraction of sp³-hybridized carbons (Fsp3) is 0.263. The van der Waals surface area contributed by atoms with E-state index in [4.69, 9.17) is 11.6 Å². The van der Waals surface area contributed by atoms with Gasteiger partial charge in [-0.15, -0.1) is 11.8 Å². The van der Waals surface area contributed by atoms with Gasteiger partial charge in [0.05, 0.1) is 10.9 Å². The van der Waals surface area contributed by atoms with Crippen LogP contribution >= 0.6 is 23.4 Å². The zero-order valence-corrected chi connectivity index (χ0v) is 15.2. The topological polar surface area (TPSA) is 37.4 Å². The van der Waals surface area contributed by atoms with Gasteiger partial charge >= 0.3 is 0 Å². The fourth-order valence-corrected chi connectivity index (χ4v) is 4.04. The van der Waals surface area contributed by atoms with Crippen molar-refractivity contribution < 1.29 is 9.59 Å². The van der Waals surface area contributed by atoms with E-state index in [1.807, 2.05) is 56.3 Å². The lowest BCUT2D eigenvalue weighted by Crippen LogP contribution is -2.31. The number of thioether (sulfide) groups is 1. The molecule has 1 aliphatic rings. The molecule has 5 heteroatoms. The number of imide groups is 1. The van der Waals surface area contributed by atoms with Crippen LogP contribution in [-0.4, -0.2) is 17.1 Å². The Labute approximate surface area is 151 Å². The molecule has 24 heavy (non-hydrogen) atoms. The molecule has 3 rings (SSSR count). The van der Waals surface area contributed by atoms with E-state index in [1.54, 1.807) is 0 Å². The molecule has 1 saturated heterocycles. The maximum Gasteiger partial charge on any atom is 0.247 e. The first-order valence-electron chi connectivity index (χ1n) is 7.76. The largest absolute Gasteiger partial charge is 0.274 e. The van der Waals surface area contributed by atoms with Crippen LogP contribution in [-0.2, 0) is 15.3 Å². The highest BCUT2D eigenvalue weighted by atomic mass is 35.5. The molecule has 1 aliphatic heterocycles. The molecule has 1 heterocycles. The van der Waals surface area contributed by atoms with Gasteiger partial charge in [0.1, 0.15) is 0 Å². The van der Waals surface area contributed by atoms with Crippen molar-refractivity contribution in [3.05, 3.63) is 64.2 Å². The lowest BCUT2D eigenvalue weighted by molar-refractivity contribution is -0.121. The van der Waals surface area contributed by atoms with Gasteiger partial charge in [0.25, 0.3) is 0 Å². The van der Waals surface area contributed by atoms with E-state index in [2.05, 4.69) is 0 Å². The maximum absolute atomic E-state index is 12.7. The molecule has 0 saturated carbocycles. The van der Waals surface area contributed by atoms with Gasteiger partial charge in [0, 0.05) is 17.2 Å². The van der Waals surface area contributed by atoms with Crippen LogP contribution in [0.3, 0.4) is 0 Å². The number of carbonyl (C=O) groups excluding carboxylic acids is 2. The van der Waals surface area contributed by atoms with Crippen LogP contribution in [0.5, 0.6) is 0 Å². The lowest BCUT2D eigenvalue weighted by Gasteiger charge is -2.17. The van der Waals surface area contributed by atoms with Gasteiger partial charge in [0.15, 0.2) is 0 Å². The highest BCUT2D eigenvalue weighted by Crippen LogP contribution is 2.33. The third-order valence-corrected chi connectivity index (χ3v) is 5.59. The first kappa shape index (κ1) is 17.1. The second kappa shape index (κ2) is 6.99. The molecule has 2 aromatic rings. The van der Waals surface area contributed by atoms with Gasteiger partial charge < -0.3 is 0 Å². The number of nitrogens with zero attached hydrogens (tertiary/aromatic N) is 1. The predicted octanol–water partition coefficient (Wildman–Crippen LogP) is 4.52. The van der Waals surface area contributed by atoms with Crippen molar-refractivity contribution in [1.82, 2.24) is 0 Å². The standard InChI is InChI=1S/C19H18ClNO2S/c1-12-3-8-16(13(2)9-12)21-18(22)10-17(19(21)23)24-11-14-4-6-15(20)7-5-14/h3-9,17H,10-11H2,1-2H3/t17-/m1/s1. The van der Waals surface area contributed by atoms with Crippen LogP contribution < -0.4 is 4.90 Å². The summed E-state index contributed by atoms with van der Waals surface area (Å²) < 4.78 is 0. The number of hydrogen-bond donors (Lipinski definition) is 0. The Hall–Kier alpha value is -1.78. The number of hydrogen-bond acceptors (Lipinski definition) is 3. The van der Waals surface area contributed by atoms with Crippen LogP contribution in [0, 0.1) is 13.8 Å². The quantitative estimate of drug-likeness (QED) is 0.753. The minimum atomic E-state index is -0.325. The molecule has 1 atom stereocenters. The number of benzene rings is 2. The summed E-state index contributed by atoms with van der Waals surface area (Å²) in [4.78, 5) is 26.4. The highest BCUT2D eigenvalue weighted by molar-refractivity contribution is 7.99. The summed E-state index contributed by atoms with van der Waals surface area (Å²) >= 11 is 7.39. The van der Waals surface area contributed by atoms with Gasteiger partial charge in [-0.2, -0.15) is 0 Å². The second-order valence-electron chi connectivity index (χ2n) is 5.99. The maximum atomic E-state index is 12.7. The normalized spacial score (nSPS) is 17.6. The summed E-state index contributed by atoms with van der Waals surface area (Å²) in [5, 5.41) is 0.366. The second-order valence-corrected chi connectivity index (χ2v) is 7.62. The smallest absolute Gasteiger partial charge is 0.247 e. The summed E-state index contributed by atoms with van der Waals surface area (Å²) in [6.07, 6.45) is 0.254. The summed E-state index contributed by atoms with van der Waals surface area (Å²) in [5.41, 5.74) is 3.85. The Balaban J connectivity index is 1.73. The molecule has 0 spiro atoms. The Kier molecular flexibility index (Phi) is 4.97. The third kappa shape index (κ3) is 3.50. The number of anilines is 1. The summed E-state index contributed by atoms with van der Waals surface area (Å²) in [5.74, 6) is 0.438. The van der Waals surface area contributed by atoms with Crippen LogP contribution in [0.25, 0.3) is 0 Å². The minimum Gasteiger partial charge on any atom is -0.274 e. The van der Waals surface area contributed by atoms with Gasteiger partial charge in [-0.3, -0.25) is 9.59 Å². The van der Waals surface area contributed by atoms with Crippen molar-refractivity contribution in [2.24, 2.45) is 0 Å². The zero-order chi connectivity index (χ0) is 17.3. The zero-order valence-electron chi connectivity index (χ0n) is 13.6. The lowest BCUT2D eigenvalue weighted by atomic mass is 10.1. The first-order chi connectivity index (χ1) is 11.5. The van der Waals surface area contributed by atoms with Crippen LogP contribution in [0.1, 0.15) is 23.1 Å². The molecule has 124 valence electrons. The SMILES string of the molecule is Cc1ccc(N2C(=O)C[C@@H](SCc3ccc(Cl)cc3)C2=O)c(C)c1. The van der Waals surface area contributed by atoms with Gasteiger partial charge in [-0.25, -0.2) is 4.90 Å². The average Bonchev–Trinajstić information content (AvgIpc) is 2.82. The Morgan fingerprint density at radius 2 is 1.83 bits per heavy atom. The predicted molar refractivity (Wildman–Crippen MR) is 99.6 cm³/mol. The van der Waals surface area contributed by atoms with E-state index in [1.165, 1.54) is 16.7 Å². The van der Waals surface area contributed by atoms with Crippen molar-refractivity contribution in [2.45, 2.75) is 31.3 Å². The Morgan fingerprint density at radius 3 is 2.50 bits per heavy atom. The third-order valence-electron chi connectivity index (χ3n) is 4.06. The number of rotatable bonds is 4. The van der Waals surface area contributed by atoms with Crippen LogP contribution in [0.15, 0.2) is 42.5 Å². The van der Waals surface area contributed by atoms with Gasteiger partial charge in [0.2, 0.25) is 11.8 Å². The van der Waals surface area contributed by atoms with Crippen molar-refractivity contribution >= 4 is 40.9 Å². The monoisotopic (exact) mass is 359 g/mol. The molecule has 2 aromatic carbocycles. The number of halogens is 1. The van der Waals surface area contributed by atoms with Crippen molar-refractivity contribution in [3.8, 4) is 0 Å². The summed E-state index contributed by atoms with van der Waals surface area (Å²) in [6, 6.07) is 13.3. The van der Waals surface area contributed by atoms with Gasteiger partial charge in [-0.1, -0.05) is 41.4 Å². The van der Waals surface area contributed by atoms with E-state index in [0.29, 0.717) is 16.5 Å². The molecule has 0 radical (unpaired) electrons. The molecular formula is C19H18ClNO2S. The van der Waals surface area contributed by atoms with E-state index >= 15 is 0 Å². The van der Waals surface area contributed by atoms with E-state index < -0.39 is 0 Å². The summed E-state index contributed by atoms with van der Waals surface area (Å²) in [7, 11) is 0. The molecule has 1 fully saturated rings. The number of carbonyl (C=O) groups is 2. The molecule has 2 amide bonds. The fourth-order valence-electron chi connectivity index (χ4n) is 2.82. The summed E-state index contributed by atoms with van der Waals surface area (Å²) in [6.45, 7) is 3.92. The first-order valence-corrected chi connectivity index (χ1v) is 9.18. The number of amides is 2. The molecule has 0 unspecified atom stereocenters.